The number of H-pyrrole nitrogens is 1. The second-order valence-electron chi connectivity index (χ2n) is 8.83. The van der Waals surface area contributed by atoms with Crippen LogP contribution in [0.5, 0.6) is 0 Å². The predicted octanol–water partition coefficient (Wildman–Crippen LogP) is 5.56. The monoisotopic (exact) mass is 371 g/mol. The first kappa shape index (κ1) is 18.4. The lowest BCUT2D eigenvalue weighted by atomic mass is 9.76. The molecular formula is C25H25NO2. The lowest BCUT2D eigenvalue weighted by molar-refractivity contribution is -0.121. The van der Waals surface area contributed by atoms with Crippen molar-refractivity contribution in [3.8, 4) is 11.1 Å². The Morgan fingerprint density at radius 2 is 1.54 bits per heavy atom. The van der Waals surface area contributed by atoms with E-state index in [-0.39, 0.29) is 17.0 Å². The third kappa shape index (κ3) is 3.11. The molecule has 142 valence electrons. The Hall–Kier alpha value is -2.94. The Kier molecular flexibility index (Phi) is 4.34. The van der Waals surface area contributed by atoms with E-state index in [1.165, 1.54) is 0 Å². The molecule has 1 aliphatic carbocycles. The lowest BCUT2D eigenvalue weighted by Gasteiger charge is -2.25. The normalized spacial score (nSPS) is 21.0. The molecule has 2 aromatic carbocycles. The topological polar surface area (TPSA) is 49.9 Å². The zero-order valence-electron chi connectivity index (χ0n) is 16.6. The molecule has 1 atom stereocenters. The SMILES string of the molecule is CC1(C)CC(=O)C(C)(c2c[nH]cc2C(=O)c2ccc(-c3ccccc3)cc2)C1. The minimum atomic E-state index is -0.613. The molecule has 1 heterocycles. The van der Waals surface area contributed by atoms with Crippen LogP contribution in [-0.2, 0) is 10.2 Å². The number of aromatic amines is 1. The van der Waals surface area contributed by atoms with Crippen molar-refractivity contribution < 1.29 is 9.59 Å². The molecule has 0 aliphatic heterocycles. The Morgan fingerprint density at radius 1 is 0.893 bits per heavy atom. The fourth-order valence-electron chi connectivity index (χ4n) is 4.60. The summed E-state index contributed by atoms with van der Waals surface area (Å²) in [5.41, 5.74) is 3.59. The fraction of sp³-hybridized carbons (Fsp3) is 0.280. The van der Waals surface area contributed by atoms with Crippen LogP contribution in [0.3, 0.4) is 0 Å². The first-order chi connectivity index (χ1) is 13.3. The summed E-state index contributed by atoms with van der Waals surface area (Å²) in [6.45, 7) is 6.21. The molecule has 1 unspecified atom stereocenters. The highest BCUT2D eigenvalue weighted by molar-refractivity contribution is 6.11. The largest absolute Gasteiger partial charge is 0.367 e. The molecular weight excluding hydrogens is 346 g/mol. The number of aromatic nitrogens is 1. The zero-order chi connectivity index (χ0) is 19.9. The minimum absolute atomic E-state index is 0.0409. The Labute approximate surface area is 165 Å². The molecule has 0 spiro atoms. The first-order valence-electron chi connectivity index (χ1n) is 9.71. The van der Waals surface area contributed by atoms with Crippen molar-refractivity contribution in [2.75, 3.05) is 0 Å². The van der Waals surface area contributed by atoms with Crippen LogP contribution < -0.4 is 0 Å². The van der Waals surface area contributed by atoms with Crippen molar-refractivity contribution in [1.29, 1.82) is 0 Å². The second-order valence-corrected chi connectivity index (χ2v) is 8.83. The minimum Gasteiger partial charge on any atom is -0.367 e. The molecule has 1 saturated carbocycles. The molecule has 1 fully saturated rings. The van der Waals surface area contributed by atoms with E-state index in [2.05, 4.69) is 31.0 Å². The number of rotatable bonds is 4. The van der Waals surface area contributed by atoms with E-state index in [9.17, 15) is 9.59 Å². The van der Waals surface area contributed by atoms with Gasteiger partial charge in [-0.3, -0.25) is 9.59 Å². The van der Waals surface area contributed by atoms with E-state index in [1.807, 2.05) is 55.6 Å². The Morgan fingerprint density at radius 3 is 2.14 bits per heavy atom. The van der Waals surface area contributed by atoms with Gasteiger partial charge in [0.25, 0.3) is 0 Å². The molecule has 3 nitrogen and oxygen atoms in total. The van der Waals surface area contributed by atoms with Crippen molar-refractivity contribution >= 4 is 11.6 Å². The Balaban J connectivity index is 1.66. The predicted molar refractivity (Wildman–Crippen MR) is 111 cm³/mol. The summed E-state index contributed by atoms with van der Waals surface area (Å²) in [5, 5.41) is 0. The summed E-state index contributed by atoms with van der Waals surface area (Å²) in [4.78, 5) is 29.1. The quantitative estimate of drug-likeness (QED) is 0.611. The van der Waals surface area contributed by atoms with E-state index in [0.29, 0.717) is 17.5 Å². The van der Waals surface area contributed by atoms with Gasteiger partial charge in [-0.2, -0.15) is 0 Å². The van der Waals surface area contributed by atoms with Crippen LogP contribution in [0.15, 0.2) is 67.0 Å². The van der Waals surface area contributed by atoms with Crippen LogP contribution in [0.25, 0.3) is 11.1 Å². The van der Waals surface area contributed by atoms with Crippen molar-refractivity contribution in [3.63, 3.8) is 0 Å². The number of nitrogens with one attached hydrogen (secondary N) is 1. The number of hydrogen-bond donors (Lipinski definition) is 1. The van der Waals surface area contributed by atoms with Gasteiger partial charge in [0.15, 0.2) is 5.78 Å². The van der Waals surface area contributed by atoms with Gasteiger partial charge in [-0.25, -0.2) is 0 Å². The summed E-state index contributed by atoms with van der Waals surface area (Å²) in [5.74, 6) is 0.167. The summed E-state index contributed by atoms with van der Waals surface area (Å²) >= 11 is 0. The summed E-state index contributed by atoms with van der Waals surface area (Å²) < 4.78 is 0. The fourth-order valence-corrected chi connectivity index (χ4v) is 4.60. The van der Waals surface area contributed by atoms with E-state index < -0.39 is 5.41 Å². The van der Waals surface area contributed by atoms with Gasteiger partial charge in [0.05, 0.1) is 5.41 Å². The molecule has 3 heteroatoms. The smallest absolute Gasteiger partial charge is 0.194 e. The van der Waals surface area contributed by atoms with Crippen molar-refractivity contribution in [3.05, 3.63) is 83.7 Å². The van der Waals surface area contributed by atoms with Crippen LogP contribution in [0.4, 0.5) is 0 Å². The number of benzene rings is 2. The zero-order valence-corrected chi connectivity index (χ0v) is 16.6. The third-order valence-electron chi connectivity index (χ3n) is 5.93. The Bertz CT molecular complexity index is 1030. The van der Waals surface area contributed by atoms with Crippen molar-refractivity contribution in [1.82, 2.24) is 4.98 Å². The van der Waals surface area contributed by atoms with E-state index in [1.54, 1.807) is 6.20 Å². The van der Waals surface area contributed by atoms with Crippen molar-refractivity contribution in [2.24, 2.45) is 5.41 Å². The first-order valence-corrected chi connectivity index (χ1v) is 9.71. The van der Waals surface area contributed by atoms with Gasteiger partial charge in [0, 0.05) is 29.9 Å². The maximum absolute atomic E-state index is 13.2. The molecule has 3 aromatic rings. The summed E-state index contributed by atoms with van der Waals surface area (Å²) in [6, 6.07) is 17.8. The average Bonchev–Trinajstić information content (AvgIpc) is 3.25. The maximum Gasteiger partial charge on any atom is 0.194 e. The van der Waals surface area contributed by atoms with Gasteiger partial charge in [0.2, 0.25) is 0 Å². The van der Waals surface area contributed by atoms with Gasteiger partial charge < -0.3 is 4.98 Å². The van der Waals surface area contributed by atoms with Crippen molar-refractivity contribution in [2.45, 2.75) is 39.0 Å². The maximum atomic E-state index is 13.2. The van der Waals surface area contributed by atoms with Gasteiger partial charge in [0.1, 0.15) is 5.78 Å². The number of Topliss-reactive ketones (excluding diaryl/α,β-unsaturated/α-hetero) is 1. The molecule has 1 aliphatic rings. The second kappa shape index (κ2) is 6.59. The van der Waals surface area contributed by atoms with Crippen LogP contribution in [0.2, 0.25) is 0 Å². The average molecular weight is 371 g/mol. The van der Waals surface area contributed by atoms with E-state index >= 15 is 0 Å². The van der Waals surface area contributed by atoms with Gasteiger partial charge in [-0.1, -0.05) is 68.4 Å². The molecule has 4 rings (SSSR count). The van der Waals surface area contributed by atoms with Gasteiger partial charge in [-0.15, -0.1) is 0 Å². The number of carbonyl (C=O) groups is 2. The van der Waals surface area contributed by atoms with Crippen LogP contribution in [0.1, 0.15) is 55.1 Å². The van der Waals surface area contributed by atoms with E-state index in [4.69, 9.17) is 0 Å². The summed E-state index contributed by atoms with van der Waals surface area (Å²) in [7, 11) is 0. The van der Waals surface area contributed by atoms with Gasteiger partial charge >= 0.3 is 0 Å². The molecule has 0 amide bonds. The molecule has 0 saturated heterocycles. The summed E-state index contributed by atoms with van der Waals surface area (Å²) in [6.07, 6.45) is 4.86. The highest BCUT2D eigenvalue weighted by Gasteiger charge is 2.49. The molecule has 0 bridgehead atoms. The van der Waals surface area contributed by atoms with Crippen LogP contribution in [-0.4, -0.2) is 16.6 Å². The van der Waals surface area contributed by atoms with Gasteiger partial charge in [-0.05, 0) is 35.4 Å². The highest BCUT2D eigenvalue weighted by atomic mass is 16.1. The highest BCUT2D eigenvalue weighted by Crippen LogP contribution is 2.48. The van der Waals surface area contributed by atoms with E-state index in [0.717, 1.165) is 23.1 Å². The number of carbonyl (C=O) groups excluding carboxylic acids is 2. The standard InChI is InChI=1S/C25H25NO2/c1-24(2)13-22(27)25(3,16-24)21-15-26-14-20(21)23(28)19-11-9-18(10-12-19)17-7-5-4-6-8-17/h4-12,14-15,26H,13,16H2,1-3H3. The molecule has 28 heavy (non-hydrogen) atoms. The van der Waals surface area contributed by atoms with Crippen LogP contribution in [0, 0.1) is 5.41 Å². The molecule has 1 N–H and O–H groups in total. The molecule has 0 radical (unpaired) electrons. The third-order valence-corrected chi connectivity index (χ3v) is 5.93. The molecule has 1 aromatic heterocycles. The number of hydrogen-bond acceptors (Lipinski definition) is 2. The lowest BCUT2D eigenvalue weighted by Crippen LogP contribution is -2.28. The number of ketones is 2. The van der Waals surface area contributed by atoms with Crippen LogP contribution >= 0.6 is 0 Å².